The van der Waals surface area contributed by atoms with Crippen LogP contribution in [0.2, 0.25) is 0 Å². The zero-order chi connectivity index (χ0) is 26.9. The number of nitrogens with zero attached hydrogens (tertiary/aromatic N) is 2. The second-order valence-electron chi connectivity index (χ2n) is 9.10. The number of esters is 1. The number of ether oxygens (including phenoxy) is 3. The molecule has 39 heavy (non-hydrogen) atoms. The summed E-state index contributed by atoms with van der Waals surface area (Å²) in [6.07, 6.45) is -2.04. The number of hydrogen-bond donors (Lipinski definition) is 3. The Labute approximate surface area is 222 Å². The topological polar surface area (TPSA) is 144 Å². The highest BCUT2D eigenvalue weighted by Gasteiger charge is 2.45. The van der Waals surface area contributed by atoms with Gasteiger partial charge in [0.05, 0.1) is 41.7 Å². The van der Waals surface area contributed by atoms with E-state index in [-0.39, 0.29) is 36.1 Å². The van der Waals surface area contributed by atoms with Crippen LogP contribution in [-0.4, -0.2) is 58.4 Å². The molecule has 7 rings (SSSR count). The fourth-order valence-corrected chi connectivity index (χ4v) is 5.90. The third kappa shape index (κ3) is 3.98. The molecule has 1 aromatic carbocycles. The summed E-state index contributed by atoms with van der Waals surface area (Å²) in [4.78, 5) is 40.7. The maximum Gasteiger partial charge on any atom is 0.586 e. The lowest BCUT2D eigenvalue weighted by Gasteiger charge is -2.33. The van der Waals surface area contributed by atoms with Crippen LogP contribution in [0, 0.1) is 5.92 Å². The highest BCUT2D eigenvalue weighted by molar-refractivity contribution is 7.99. The van der Waals surface area contributed by atoms with Crippen LogP contribution >= 0.6 is 11.8 Å². The molecule has 11 nitrogen and oxygen atoms in total. The molecule has 3 aromatic heterocycles. The van der Waals surface area contributed by atoms with Crippen molar-refractivity contribution in [2.75, 3.05) is 19.7 Å². The molecule has 3 N–H and O–H groups in total. The molecule has 3 aliphatic heterocycles. The highest BCUT2D eigenvalue weighted by Crippen LogP contribution is 2.47. The quantitative estimate of drug-likeness (QED) is 0.310. The molecule has 6 heterocycles. The van der Waals surface area contributed by atoms with Gasteiger partial charge in [-0.3, -0.25) is 9.79 Å². The first-order valence-corrected chi connectivity index (χ1v) is 12.9. The smallest absolute Gasteiger partial charge is 0.461 e. The van der Waals surface area contributed by atoms with Crippen molar-refractivity contribution < 1.29 is 37.0 Å². The van der Waals surface area contributed by atoms with Crippen molar-refractivity contribution in [3.63, 3.8) is 0 Å². The standard InChI is InChI=1S/C25H19F2N5O6S/c1-2-35-23(34)22-21-10(7-29-22)19(20-13(30-21)8-28-9-14(20)33)15-3-4-18(36-15)39-24-31-11-5-16-17(6-12(11)32-24)38-25(26,27)37-16/h3-7,19-20,28-29H,2,8-9H2,1H3,(H,31,32). The molecule has 0 bridgehead atoms. The minimum Gasteiger partial charge on any atom is -0.461 e. The van der Waals surface area contributed by atoms with Crippen LogP contribution in [0.15, 0.2) is 50.1 Å². The van der Waals surface area contributed by atoms with E-state index in [2.05, 4.69) is 34.7 Å². The van der Waals surface area contributed by atoms with E-state index in [1.165, 1.54) is 23.9 Å². The minimum absolute atomic E-state index is 0.0273. The molecule has 14 heteroatoms. The lowest BCUT2D eigenvalue weighted by Crippen LogP contribution is -2.48. The van der Waals surface area contributed by atoms with Crippen LogP contribution in [0.5, 0.6) is 11.5 Å². The van der Waals surface area contributed by atoms with Crippen LogP contribution in [0.1, 0.15) is 34.7 Å². The normalized spacial score (nSPS) is 21.0. The third-order valence-corrected chi connectivity index (χ3v) is 7.49. The van der Waals surface area contributed by atoms with E-state index >= 15 is 0 Å². The maximum absolute atomic E-state index is 13.4. The predicted molar refractivity (Wildman–Crippen MR) is 132 cm³/mol. The van der Waals surface area contributed by atoms with Crippen molar-refractivity contribution in [2.24, 2.45) is 10.9 Å². The lowest BCUT2D eigenvalue weighted by atomic mass is 9.75. The third-order valence-electron chi connectivity index (χ3n) is 6.69. The molecule has 4 aromatic rings. The molecule has 2 atom stereocenters. The van der Waals surface area contributed by atoms with Crippen LogP contribution in [0.4, 0.5) is 14.5 Å². The van der Waals surface area contributed by atoms with Gasteiger partial charge in [0.1, 0.15) is 5.76 Å². The van der Waals surface area contributed by atoms with E-state index in [0.29, 0.717) is 50.5 Å². The molecule has 0 saturated carbocycles. The van der Waals surface area contributed by atoms with E-state index < -0.39 is 24.1 Å². The Morgan fingerprint density at radius 3 is 2.85 bits per heavy atom. The summed E-state index contributed by atoms with van der Waals surface area (Å²) in [7, 11) is 0. The second kappa shape index (κ2) is 8.68. The SMILES string of the molecule is CCOC(=O)c1[nH]cc2c1N=C1CNCC(=O)C1C2c1ccc(Sc2nc3cc4c(cc3[nH]2)OC(F)(F)O4)o1. The summed E-state index contributed by atoms with van der Waals surface area (Å²) in [5.74, 6) is -1.24. The van der Waals surface area contributed by atoms with Gasteiger partial charge in [-0.15, -0.1) is 8.78 Å². The molecule has 1 fully saturated rings. The summed E-state index contributed by atoms with van der Waals surface area (Å²) >= 11 is 1.19. The molecule has 0 aliphatic carbocycles. The molecular formula is C25H19F2N5O6S. The molecule has 0 amide bonds. The first-order valence-electron chi connectivity index (χ1n) is 12.1. The van der Waals surface area contributed by atoms with Gasteiger partial charge in [0.15, 0.2) is 33.2 Å². The molecule has 2 unspecified atom stereocenters. The van der Waals surface area contributed by atoms with Crippen molar-refractivity contribution in [1.82, 2.24) is 20.3 Å². The molecule has 3 aliphatic rings. The number of carbonyl (C=O) groups excluding carboxylic acids is 2. The Morgan fingerprint density at radius 2 is 2.03 bits per heavy atom. The summed E-state index contributed by atoms with van der Waals surface area (Å²) in [6.45, 7) is 2.55. The largest absolute Gasteiger partial charge is 0.586 e. The van der Waals surface area contributed by atoms with Gasteiger partial charge in [0.2, 0.25) is 0 Å². The average Bonchev–Trinajstić information content (AvgIpc) is 3.65. The number of imidazole rings is 1. The van der Waals surface area contributed by atoms with Crippen LogP contribution in [0.25, 0.3) is 11.0 Å². The van der Waals surface area contributed by atoms with E-state index in [0.717, 1.165) is 0 Å². The van der Waals surface area contributed by atoms with Gasteiger partial charge in [-0.1, -0.05) is 0 Å². The number of furan rings is 1. The number of carbonyl (C=O) groups is 2. The van der Waals surface area contributed by atoms with Gasteiger partial charge >= 0.3 is 12.3 Å². The first-order chi connectivity index (χ1) is 18.8. The molecule has 200 valence electrons. The minimum atomic E-state index is -3.71. The van der Waals surface area contributed by atoms with Crippen molar-refractivity contribution >= 4 is 45.9 Å². The molecule has 0 spiro atoms. The Balaban J connectivity index is 1.21. The summed E-state index contributed by atoms with van der Waals surface area (Å²) in [6, 6.07) is 6.32. The summed E-state index contributed by atoms with van der Waals surface area (Å²) in [5.41, 5.74) is 2.86. The average molecular weight is 556 g/mol. The molecular weight excluding hydrogens is 536 g/mol. The van der Waals surface area contributed by atoms with Gasteiger partial charge in [-0.05, 0) is 30.8 Å². The fraction of sp³-hybridized carbons (Fsp3) is 0.280. The Bertz CT molecular complexity index is 1650. The summed E-state index contributed by atoms with van der Waals surface area (Å²) < 4.78 is 47.1. The van der Waals surface area contributed by atoms with Crippen LogP contribution in [-0.2, 0) is 9.53 Å². The van der Waals surface area contributed by atoms with Gasteiger partial charge in [-0.2, -0.15) is 0 Å². The number of fused-ring (bicyclic) bond motifs is 4. The van der Waals surface area contributed by atoms with Crippen molar-refractivity contribution in [2.45, 2.75) is 29.4 Å². The summed E-state index contributed by atoms with van der Waals surface area (Å²) in [5, 5.41) is 4.01. The number of halogens is 2. The van der Waals surface area contributed by atoms with Crippen molar-refractivity contribution in [3.8, 4) is 11.5 Å². The zero-order valence-corrected chi connectivity index (χ0v) is 21.0. The zero-order valence-electron chi connectivity index (χ0n) is 20.2. The number of nitrogens with one attached hydrogen (secondary N) is 3. The Hall–Kier alpha value is -4.17. The number of H-pyrrole nitrogens is 2. The monoisotopic (exact) mass is 555 g/mol. The molecule has 0 radical (unpaired) electrons. The number of piperidine rings is 1. The number of benzene rings is 1. The van der Waals surface area contributed by atoms with Gasteiger partial charge < -0.3 is 33.9 Å². The number of ketones is 1. The number of rotatable bonds is 5. The second-order valence-corrected chi connectivity index (χ2v) is 10.1. The van der Waals surface area contributed by atoms with Crippen LogP contribution < -0.4 is 14.8 Å². The number of aromatic nitrogens is 3. The number of Topliss-reactive ketones (excluding diaryl/α,β-unsaturated/α-hetero) is 1. The van der Waals surface area contributed by atoms with Gasteiger partial charge in [0.25, 0.3) is 0 Å². The van der Waals surface area contributed by atoms with Gasteiger partial charge in [-0.25, -0.2) is 9.78 Å². The van der Waals surface area contributed by atoms with Gasteiger partial charge in [0, 0.05) is 36.1 Å². The van der Waals surface area contributed by atoms with Crippen LogP contribution in [0.3, 0.4) is 0 Å². The Kier molecular flexibility index (Phi) is 5.32. The van der Waals surface area contributed by atoms with Crippen molar-refractivity contribution in [3.05, 3.63) is 47.5 Å². The molecule has 1 saturated heterocycles. The van der Waals surface area contributed by atoms with E-state index in [9.17, 15) is 18.4 Å². The lowest BCUT2D eigenvalue weighted by molar-refractivity contribution is -0.286. The highest BCUT2D eigenvalue weighted by atomic mass is 32.2. The maximum atomic E-state index is 13.4. The number of aromatic amines is 2. The number of hydrogen-bond acceptors (Lipinski definition) is 10. The number of aliphatic imine (C=N–C) groups is 1. The van der Waals surface area contributed by atoms with E-state index in [1.807, 2.05) is 0 Å². The Morgan fingerprint density at radius 1 is 1.21 bits per heavy atom. The fourth-order valence-electron chi connectivity index (χ4n) is 5.13. The van der Waals surface area contributed by atoms with E-state index in [4.69, 9.17) is 9.15 Å². The predicted octanol–water partition coefficient (Wildman–Crippen LogP) is 4.14. The van der Waals surface area contributed by atoms with E-state index in [1.54, 1.807) is 25.3 Å². The van der Waals surface area contributed by atoms with Crippen molar-refractivity contribution in [1.29, 1.82) is 0 Å². The number of alkyl halides is 2. The first kappa shape index (κ1) is 23.9.